The Labute approximate surface area is 163 Å². The molecule has 1 unspecified atom stereocenters. The van der Waals surface area contributed by atoms with Crippen LogP contribution in [0.2, 0.25) is 0 Å². The summed E-state index contributed by atoms with van der Waals surface area (Å²) in [6, 6.07) is 11.9. The van der Waals surface area contributed by atoms with Gasteiger partial charge < -0.3 is 10.6 Å². The van der Waals surface area contributed by atoms with Gasteiger partial charge >= 0.3 is 0 Å². The standard InChI is InChI=1S/C21H24FN5O/c1-14(19(23)11-21(28)26-8-7-18(22)12-26)15-2-4-16(5-3-15)17-6-9-27-20(10-17)24-13-25-27/h2-6,9-10,13-14,18-19H,7-8,11-12,23H2,1H3/t14?,18-,19-/m1/s1. The van der Waals surface area contributed by atoms with Crippen molar-refractivity contribution in [2.45, 2.75) is 37.9 Å². The fraction of sp³-hybridized carbons (Fsp3) is 0.381. The molecule has 1 aliphatic heterocycles. The molecule has 2 aromatic heterocycles. The predicted molar refractivity (Wildman–Crippen MR) is 106 cm³/mol. The first-order valence-corrected chi connectivity index (χ1v) is 9.58. The number of hydrogen-bond acceptors (Lipinski definition) is 4. The van der Waals surface area contributed by atoms with E-state index in [4.69, 9.17) is 5.73 Å². The highest BCUT2D eigenvalue weighted by atomic mass is 19.1. The topological polar surface area (TPSA) is 76.5 Å². The number of nitrogens with zero attached hydrogens (tertiary/aromatic N) is 4. The van der Waals surface area contributed by atoms with Crippen LogP contribution in [0, 0.1) is 0 Å². The lowest BCUT2D eigenvalue weighted by atomic mass is 9.90. The molecule has 6 nitrogen and oxygen atoms in total. The summed E-state index contributed by atoms with van der Waals surface area (Å²) in [5.74, 6) is -0.0292. The summed E-state index contributed by atoms with van der Waals surface area (Å²) in [6.45, 7) is 2.72. The molecule has 0 radical (unpaired) electrons. The molecule has 1 saturated heterocycles. The smallest absolute Gasteiger partial charge is 0.224 e. The van der Waals surface area contributed by atoms with Gasteiger partial charge in [-0.05, 0) is 41.2 Å². The van der Waals surface area contributed by atoms with Gasteiger partial charge in [0.1, 0.15) is 12.5 Å². The molecule has 4 rings (SSSR count). The van der Waals surface area contributed by atoms with Gasteiger partial charge in [0.25, 0.3) is 0 Å². The van der Waals surface area contributed by atoms with Crippen LogP contribution in [0.5, 0.6) is 0 Å². The van der Waals surface area contributed by atoms with E-state index >= 15 is 0 Å². The number of hydrogen-bond donors (Lipinski definition) is 1. The number of aromatic nitrogens is 3. The molecule has 3 aromatic rings. The summed E-state index contributed by atoms with van der Waals surface area (Å²) in [7, 11) is 0. The van der Waals surface area contributed by atoms with Crippen LogP contribution in [0.25, 0.3) is 16.8 Å². The number of benzene rings is 1. The normalized spacial score (nSPS) is 19.1. The molecule has 146 valence electrons. The van der Waals surface area contributed by atoms with Gasteiger partial charge in [0.05, 0.1) is 6.54 Å². The van der Waals surface area contributed by atoms with Crippen molar-refractivity contribution in [2.75, 3.05) is 13.1 Å². The van der Waals surface area contributed by atoms with Crippen LogP contribution in [0.3, 0.4) is 0 Å². The Bertz CT molecular complexity index is 970. The van der Waals surface area contributed by atoms with Gasteiger partial charge in [-0.2, -0.15) is 5.10 Å². The summed E-state index contributed by atoms with van der Waals surface area (Å²) < 4.78 is 15.0. The maximum atomic E-state index is 13.3. The van der Waals surface area contributed by atoms with Crippen LogP contribution in [-0.2, 0) is 4.79 Å². The molecular weight excluding hydrogens is 357 g/mol. The number of nitrogens with two attached hydrogens (primary N) is 1. The molecule has 3 atom stereocenters. The number of rotatable bonds is 5. The molecule has 0 saturated carbocycles. The maximum Gasteiger partial charge on any atom is 0.224 e. The average molecular weight is 381 g/mol. The highest BCUT2D eigenvalue weighted by Crippen LogP contribution is 2.26. The second-order valence-corrected chi connectivity index (χ2v) is 7.48. The van der Waals surface area contributed by atoms with Crippen LogP contribution in [0.1, 0.15) is 31.2 Å². The zero-order valence-corrected chi connectivity index (χ0v) is 15.8. The third-order valence-electron chi connectivity index (χ3n) is 5.59. The van der Waals surface area contributed by atoms with Gasteiger partial charge in [0, 0.05) is 25.2 Å². The molecule has 1 aliphatic rings. The summed E-state index contributed by atoms with van der Waals surface area (Å²) in [5, 5.41) is 4.11. The molecule has 0 aliphatic carbocycles. The number of alkyl halides is 1. The Hall–Kier alpha value is -2.80. The molecule has 2 N–H and O–H groups in total. The van der Waals surface area contributed by atoms with E-state index in [2.05, 4.69) is 22.2 Å². The summed E-state index contributed by atoms with van der Waals surface area (Å²) >= 11 is 0. The first kappa shape index (κ1) is 18.6. The van der Waals surface area contributed by atoms with E-state index < -0.39 is 6.17 Å². The number of carbonyl (C=O) groups is 1. The van der Waals surface area contributed by atoms with E-state index in [-0.39, 0.29) is 30.8 Å². The first-order valence-electron chi connectivity index (χ1n) is 9.58. The fourth-order valence-electron chi connectivity index (χ4n) is 3.67. The zero-order valence-electron chi connectivity index (χ0n) is 15.8. The lowest BCUT2D eigenvalue weighted by Crippen LogP contribution is -2.37. The molecular formula is C21H24FN5O. The van der Waals surface area contributed by atoms with Crippen molar-refractivity contribution in [1.82, 2.24) is 19.5 Å². The lowest BCUT2D eigenvalue weighted by molar-refractivity contribution is -0.130. The van der Waals surface area contributed by atoms with Crippen LogP contribution in [0.4, 0.5) is 4.39 Å². The number of halogens is 1. The van der Waals surface area contributed by atoms with Crippen molar-refractivity contribution >= 4 is 11.6 Å². The van der Waals surface area contributed by atoms with E-state index in [9.17, 15) is 9.18 Å². The first-order chi connectivity index (χ1) is 13.5. The third kappa shape index (κ3) is 3.75. The molecule has 0 bridgehead atoms. The number of pyridine rings is 1. The summed E-state index contributed by atoms with van der Waals surface area (Å²) in [4.78, 5) is 18.1. The Balaban J connectivity index is 1.43. The van der Waals surface area contributed by atoms with Crippen molar-refractivity contribution in [3.63, 3.8) is 0 Å². The van der Waals surface area contributed by atoms with Crippen molar-refractivity contribution in [2.24, 2.45) is 5.73 Å². The molecule has 7 heteroatoms. The van der Waals surface area contributed by atoms with E-state index in [1.54, 1.807) is 9.42 Å². The van der Waals surface area contributed by atoms with Crippen LogP contribution < -0.4 is 5.73 Å². The van der Waals surface area contributed by atoms with E-state index in [0.29, 0.717) is 13.0 Å². The van der Waals surface area contributed by atoms with E-state index in [0.717, 1.165) is 22.3 Å². The van der Waals surface area contributed by atoms with Crippen LogP contribution in [-0.4, -0.2) is 50.7 Å². The predicted octanol–water partition coefficient (Wildman–Crippen LogP) is 2.79. The molecule has 1 aromatic carbocycles. The van der Waals surface area contributed by atoms with Crippen molar-refractivity contribution in [3.8, 4) is 11.1 Å². The Kier molecular flexibility index (Phi) is 5.09. The lowest BCUT2D eigenvalue weighted by Gasteiger charge is -2.23. The third-order valence-corrected chi connectivity index (χ3v) is 5.59. The van der Waals surface area contributed by atoms with Crippen LogP contribution >= 0.6 is 0 Å². The second-order valence-electron chi connectivity index (χ2n) is 7.48. The molecule has 3 heterocycles. The van der Waals surface area contributed by atoms with Gasteiger partial charge in [-0.25, -0.2) is 13.9 Å². The van der Waals surface area contributed by atoms with Crippen molar-refractivity contribution in [1.29, 1.82) is 0 Å². The summed E-state index contributed by atoms with van der Waals surface area (Å²) in [5.41, 5.74) is 10.3. The van der Waals surface area contributed by atoms with E-state index in [1.807, 2.05) is 37.4 Å². The monoisotopic (exact) mass is 381 g/mol. The Morgan fingerprint density at radius 1 is 1.29 bits per heavy atom. The van der Waals surface area contributed by atoms with Gasteiger partial charge in [-0.3, -0.25) is 4.79 Å². The van der Waals surface area contributed by atoms with Crippen molar-refractivity contribution in [3.05, 3.63) is 54.5 Å². The van der Waals surface area contributed by atoms with Crippen LogP contribution in [0.15, 0.2) is 48.9 Å². The Morgan fingerprint density at radius 3 is 2.79 bits per heavy atom. The number of carbonyl (C=O) groups excluding carboxylic acids is 1. The van der Waals surface area contributed by atoms with Gasteiger partial charge in [-0.15, -0.1) is 0 Å². The number of likely N-dealkylation sites (tertiary alicyclic amines) is 1. The van der Waals surface area contributed by atoms with Crippen molar-refractivity contribution < 1.29 is 9.18 Å². The summed E-state index contributed by atoms with van der Waals surface area (Å²) in [6.07, 6.45) is 3.18. The van der Waals surface area contributed by atoms with Gasteiger partial charge in [0.15, 0.2) is 5.65 Å². The highest BCUT2D eigenvalue weighted by Gasteiger charge is 2.28. The minimum absolute atomic E-state index is 0.0285. The zero-order chi connectivity index (χ0) is 19.7. The fourth-order valence-corrected chi connectivity index (χ4v) is 3.67. The highest BCUT2D eigenvalue weighted by molar-refractivity contribution is 5.77. The quantitative estimate of drug-likeness (QED) is 0.737. The minimum Gasteiger partial charge on any atom is -0.340 e. The molecule has 0 spiro atoms. The van der Waals surface area contributed by atoms with E-state index in [1.165, 1.54) is 6.33 Å². The number of fused-ring (bicyclic) bond motifs is 1. The van der Waals surface area contributed by atoms with Gasteiger partial charge in [-0.1, -0.05) is 31.2 Å². The SMILES string of the molecule is CC(c1ccc(-c2ccn3ncnc3c2)cc1)[C@H](N)CC(=O)N1CC[C@@H](F)C1. The van der Waals surface area contributed by atoms with Gasteiger partial charge in [0.2, 0.25) is 5.91 Å². The molecule has 28 heavy (non-hydrogen) atoms. The second kappa shape index (κ2) is 7.67. The minimum atomic E-state index is -0.901. The largest absolute Gasteiger partial charge is 0.340 e. The molecule has 1 fully saturated rings. The average Bonchev–Trinajstić information content (AvgIpc) is 3.35. The number of amides is 1. The molecule has 1 amide bonds. The Morgan fingerprint density at radius 2 is 2.07 bits per heavy atom. The maximum absolute atomic E-state index is 13.3.